The minimum Gasteiger partial charge on any atom is -0.479 e. The van der Waals surface area contributed by atoms with Crippen LogP contribution in [0.1, 0.15) is 31.2 Å². The first-order valence-corrected chi connectivity index (χ1v) is 9.30. The van der Waals surface area contributed by atoms with Crippen molar-refractivity contribution in [3.63, 3.8) is 0 Å². The summed E-state index contributed by atoms with van der Waals surface area (Å²) in [5.74, 6) is 0.494. The number of amides is 2. The average molecular weight is 370 g/mol. The molecule has 1 aromatic carbocycles. The zero-order chi connectivity index (χ0) is 19.4. The highest BCUT2D eigenvalue weighted by Gasteiger charge is 2.31. The Balaban J connectivity index is 1.46. The fourth-order valence-electron chi connectivity index (χ4n) is 3.25. The topological polar surface area (TPSA) is 76.5 Å². The normalized spacial score (nSPS) is 16.0. The third kappa shape index (κ3) is 4.48. The molecule has 0 spiro atoms. The van der Waals surface area contributed by atoms with Crippen LogP contribution in [0.5, 0.6) is 5.75 Å². The van der Waals surface area contributed by atoms with E-state index in [-0.39, 0.29) is 18.2 Å². The number of para-hydroxylation sites is 2. The summed E-state index contributed by atoms with van der Waals surface area (Å²) in [7, 11) is 0. The molecular formula is C20H26N4O3. The maximum atomic E-state index is 12.4. The Kier molecular flexibility index (Phi) is 5.78. The van der Waals surface area contributed by atoms with Crippen molar-refractivity contribution in [2.45, 2.75) is 46.3 Å². The second-order valence-electron chi connectivity index (χ2n) is 6.82. The summed E-state index contributed by atoms with van der Waals surface area (Å²) in [5, 5.41) is 7.33. The molecule has 2 heterocycles. The number of aromatic nitrogens is 2. The number of nitrogens with zero attached hydrogens (tertiary/aromatic N) is 3. The van der Waals surface area contributed by atoms with Gasteiger partial charge in [-0.25, -0.2) is 0 Å². The number of hydrogen-bond donors (Lipinski definition) is 1. The van der Waals surface area contributed by atoms with E-state index < -0.39 is 6.10 Å². The van der Waals surface area contributed by atoms with Gasteiger partial charge in [-0.2, -0.15) is 5.10 Å². The first-order valence-electron chi connectivity index (χ1n) is 9.30. The van der Waals surface area contributed by atoms with Crippen LogP contribution in [-0.4, -0.2) is 40.8 Å². The van der Waals surface area contributed by atoms with Gasteiger partial charge in [-0.1, -0.05) is 12.1 Å². The van der Waals surface area contributed by atoms with Gasteiger partial charge in [-0.05, 0) is 45.4 Å². The fourth-order valence-corrected chi connectivity index (χ4v) is 3.25. The molecule has 144 valence electrons. The van der Waals surface area contributed by atoms with Crippen molar-refractivity contribution >= 4 is 17.5 Å². The molecule has 0 saturated heterocycles. The largest absolute Gasteiger partial charge is 0.479 e. The smallest absolute Gasteiger partial charge is 0.267 e. The van der Waals surface area contributed by atoms with Crippen molar-refractivity contribution in [1.82, 2.24) is 15.1 Å². The number of anilines is 1. The minimum atomic E-state index is -0.538. The summed E-state index contributed by atoms with van der Waals surface area (Å²) in [6.45, 7) is 7.42. The van der Waals surface area contributed by atoms with Gasteiger partial charge in [0.2, 0.25) is 5.91 Å². The van der Waals surface area contributed by atoms with E-state index in [9.17, 15) is 9.59 Å². The van der Waals surface area contributed by atoms with Gasteiger partial charge in [-0.15, -0.1) is 0 Å². The van der Waals surface area contributed by atoms with Gasteiger partial charge in [-0.3, -0.25) is 14.3 Å². The molecule has 0 fully saturated rings. The van der Waals surface area contributed by atoms with E-state index in [0.29, 0.717) is 18.8 Å². The van der Waals surface area contributed by atoms with E-state index in [1.807, 2.05) is 48.9 Å². The molecule has 2 aromatic rings. The summed E-state index contributed by atoms with van der Waals surface area (Å²) < 4.78 is 7.56. The Labute approximate surface area is 159 Å². The number of ether oxygens (including phenoxy) is 1. The van der Waals surface area contributed by atoms with Crippen molar-refractivity contribution in [3.8, 4) is 5.75 Å². The molecule has 1 aliphatic rings. The van der Waals surface area contributed by atoms with E-state index in [2.05, 4.69) is 10.4 Å². The summed E-state index contributed by atoms with van der Waals surface area (Å²) in [4.78, 5) is 26.2. The summed E-state index contributed by atoms with van der Waals surface area (Å²) in [6, 6.07) is 9.44. The average Bonchev–Trinajstić information content (AvgIpc) is 2.96. The molecule has 0 aliphatic carbocycles. The Morgan fingerprint density at radius 1 is 1.26 bits per heavy atom. The van der Waals surface area contributed by atoms with Crippen LogP contribution >= 0.6 is 0 Å². The molecule has 1 aliphatic heterocycles. The van der Waals surface area contributed by atoms with Gasteiger partial charge >= 0.3 is 0 Å². The highest BCUT2D eigenvalue weighted by molar-refractivity contribution is 6.00. The van der Waals surface area contributed by atoms with Crippen LogP contribution < -0.4 is 15.0 Å². The van der Waals surface area contributed by atoms with Crippen molar-refractivity contribution in [1.29, 1.82) is 0 Å². The van der Waals surface area contributed by atoms with E-state index in [0.717, 1.165) is 30.0 Å². The molecule has 0 bridgehead atoms. The second kappa shape index (κ2) is 8.24. The lowest BCUT2D eigenvalue weighted by Crippen LogP contribution is -2.45. The van der Waals surface area contributed by atoms with Crippen LogP contribution in [-0.2, 0) is 16.1 Å². The van der Waals surface area contributed by atoms with Crippen LogP contribution in [0.4, 0.5) is 5.69 Å². The van der Waals surface area contributed by atoms with Crippen LogP contribution in [0.3, 0.4) is 0 Å². The number of hydrogen-bond acceptors (Lipinski definition) is 4. The maximum absolute atomic E-state index is 12.4. The lowest BCUT2D eigenvalue weighted by atomic mass is 10.1. The van der Waals surface area contributed by atoms with Gasteiger partial charge in [0.1, 0.15) is 5.75 Å². The quantitative estimate of drug-likeness (QED) is 0.758. The highest BCUT2D eigenvalue weighted by atomic mass is 16.5. The van der Waals surface area contributed by atoms with E-state index in [1.165, 1.54) is 0 Å². The zero-order valence-corrected chi connectivity index (χ0v) is 16.1. The molecule has 2 amide bonds. The van der Waals surface area contributed by atoms with Crippen molar-refractivity contribution in [2.24, 2.45) is 0 Å². The fraction of sp³-hybridized carbons (Fsp3) is 0.450. The SMILES string of the molecule is Cc1cc(C)n(CCCNC(=O)CCN2C(=O)C(C)Oc3ccccc32)n1. The number of fused-ring (bicyclic) bond motifs is 1. The van der Waals surface area contributed by atoms with Crippen LogP contribution in [0.25, 0.3) is 0 Å². The van der Waals surface area contributed by atoms with Crippen LogP contribution in [0.2, 0.25) is 0 Å². The molecule has 0 radical (unpaired) electrons. The molecule has 27 heavy (non-hydrogen) atoms. The molecule has 1 aromatic heterocycles. The summed E-state index contributed by atoms with van der Waals surface area (Å²) >= 11 is 0. The third-order valence-corrected chi connectivity index (χ3v) is 4.61. The highest BCUT2D eigenvalue weighted by Crippen LogP contribution is 2.33. The number of carbonyl (C=O) groups excluding carboxylic acids is 2. The molecule has 1 unspecified atom stereocenters. The van der Waals surface area contributed by atoms with Gasteiger partial charge in [0.05, 0.1) is 11.4 Å². The first kappa shape index (κ1) is 18.9. The van der Waals surface area contributed by atoms with Gasteiger partial charge in [0.15, 0.2) is 6.10 Å². The zero-order valence-electron chi connectivity index (χ0n) is 16.1. The van der Waals surface area contributed by atoms with Crippen molar-refractivity contribution in [3.05, 3.63) is 41.7 Å². The molecule has 7 nitrogen and oxygen atoms in total. The number of benzene rings is 1. The Morgan fingerprint density at radius 2 is 2.04 bits per heavy atom. The number of rotatable bonds is 7. The lowest BCUT2D eigenvalue weighted by Gasteiger charge is -2.32. The van der Waals surface area contributed by atoms with E-state index in [1.54, 1.807) is 11.8 Å². The summed E-state index contributed by atoms with van der Waals surface area (Å²) in [5.41, 5.74) is 2.84. The molecule has 1 atom stereocenters. The number of carbonyl (C=O) groups is 2. The first-order chi connectivity index (χ1) is 13.0. The molecule has 0 saturated carbocycles. The van der Waals surface area contributed by atoms with Crippen molar-refractivity contribution < 1.29 is 14.3 Å². The van der Waals surface area contributed by atoms with Crippen LogP contribution in [0.15, 0.2) is 30.3 Å². The van der Waals surface area contributed by atoms with Gasteiger partial charge < -0.3 is 15.0 Å². The molecule has 7 heteroatoms. The van der Waals surface area contributed by atoms with E-state index in [4.69, 9.17) is 4.74 Å². The molecule has 1 N–H and O–H groups in total. The predicted molar refractivity (Wildman–Crippen MR) is 103 cm³/mol. The second-order valence-corrected chi connectivity index (χ2v) is 6.82. The Hall–Kier alpha value is -2.83. The monoisotopic (exact) mass is 370 g/mol. The molecular weight excluding hydrogens is 344 g/mol. The van der Waals surface area contributed by atoms with E-state index >= 15 is 0 Å². The number of nitrogens with one attached hydrogen (secondary N) is 1. The minimum absolute atomic E-state index is 0.0622. The molecule has 3 rings (SSSR count). The maximum Gasteiger partial charge on any atom is 0.267 e. The Bertz CT molecular complexity index is 830. The standard InChI is InChI=1S/C20H26N4O3/c1-14-13-15(2)24(22-14)11-6-10-21-19(25)9-12-23-17-7-4-5-8-18(17)27-16(3)20(23)26/h4-5,7-8,13,16H,6,9-12H2,1-3H3,(H,21,25). The van der Waals surface area contributed by atoms with Crippen molar-refractivity contribution in [2.75, 3.05) is 18.0 Å². The lowest BCUT2D eigenvalue weighted by molar-refractivity contribution is -0.125. The predicted octanol–water partition coefficient (Wildman–Crippen LogP) is 2.21. The van der Waals surface area contributed by atoms with Gasteiger partial charge in [0, 0.05) is 31.7 Å². The van der Waals surface area contributed by atoms with Gasteiger partial charge in [0.25, 0.3) is 5.91 Å². The summed E-state index contributed by atoms with van der Waals surface area (Å²) in [6.07, 6.45) is 0.528. The Morgan fingerprint density at radius 3 is 2.78 bits per heavy atom. The third-order valence-electron chi connectivity index (χ3n) is 4.61. The number of aryl methyl sites for hydroxylation is 3. The van der Waals surface area contributed by atoms with Crippen LogP contribution in [0, 0.1) is 13.8 Å².